The maximum atomic E-state index is 13.7. The third-order valence-electron chi connectivity index (χ3n) is 4.21. The smallest absolute Gasteiger partial charge is 0.212 e. The number of ether oxygens (including phenoxy) is 1. The molecular formula is C17H14FN5O2S. The van der Waals surface area contributed by atoms with Crippen LogP contribution < -0.4 is 10.1 Å². The maximum absolute atomic E-state index is 13.7. The number of nitrogens with zero attached hydrogens (tertiary/aromatic N) is 4. The van der Waals surface area contributed by atoms with E-state index in [1.54, 1.807) is 13.2 Å². The molecule has 3 aromatic heterocycles. The van der Waals surface area contributed by atoms with Crippen LogP contribution in [0.5, 0.6) is 5.75 Å². The van der Waals surface area contributed by atoms with E-state index in [4.69, 9.17) is 4.74 Å². The van der Waals surface area contributed by atoms with Gasteiger partial charge >= 0.3 is 0 Å². The summed E-state index contributed by atoms with van der Waals surface area (Å²) >= 11 is 0.0571. The molecule has 0 bridgehead atoms. The van der Waals surface area contributed by atoms with Crippen molar-refractivity contribution in [2.75, 3.05) is 12.4 Å². The first-order valence-corrected chi connectivity index (χ1v) is 8.35. The fourth-order valence-corrected chi connectivity index (χ4v) is 3.47. The molecule has 0 aliphatic heterocycles. The van der Waals surface area contributed by atoms with E-state index in [0.29, 0.717) is 34.8 Å². The third-order valence-corrected chi connectivity index (χ3v) is 4.72. The number of amides is 1. The Morgan fingerprint density at radius 3 is 2.92 bits per heavy atom. The first-order chi connectivity index (χ1) is 12.7. The first kappa shape index (κ1) is 16.4. The van der Waals surface area contributed by atoms with Crippen molar-refractivity contribution in [3.05, 3.63) is 36.7 Å². The second-order valence-electron chi connectivity index (χ2n) is 5.66. The average molecular weight is 371 g/mol. The van der Waals surface area contributed by atoms with Gasteiger partial charge in [-0.3, -0.25) is 4.79 Å². The fourth-order valence-electron chi connectivity index (χ4n) is 3.04. The molecule has 9 heteroatoms. The van der Waals surface area contributed by atoms with Gasteiger partial charge in [0.05, 0.1) is 19.0 Å². The lowest BCUT2D eigenvalue weighted by Gasteiger charge is -2.04. The van der Waals surface area contributed by atoms with Gasteiger partial charge in [0.25, 0.3) is 0 Å². The molecule has 26 heavy (non-hydrogen) atoms. The Morgan fingerprint density at radius 1 is 1.35 bits per heavy atom. The van der Waals surface area contributed by atoms with Crippen LogP contribution in [0, 0.1) is 0 Å². The Kier molecular flexibility index (Phi) is 4.00. The predicted molar refractivity (Wildman–Crippen MR) is 99.8 cm³/mol. The van der Waals surface area contributed by atoms with Gasteiger partial charge in [-0.15, -0.1) is 3.89 Å². The Balaban J connectivity index is 1.99. The molecule has 0 spiro atoms. The number of benzene rings is 1. The summed E-state index contributed by atoms with van der Waals surface area (Å²) in [5.74, 6) is 1.02. The molecule has 1 N–H and O–H groups in total. The lowest BCUT2D eigenvalue weighted by Crippen LogP contribution is -1.98. The molecule has 0 unspecified atom stereocenters. The second kappa shape index (κ2) is 6.34. The predicted octanol–water partition coefficient (Wildman–Crippen LogP) is 3.55. The number of nitrogens with one attached hydrogen (secondary N) is 1. The SMILES string of the molecule is COc1ccc2c(c1)c(-c1cc3nc(NC=O)cnc3n1SF)cn2C. The molecule has 0 radical (unpaired) electrons. The zero-order chi connectivity index (χ0) is 18.3. The van der Waals surface area contributed by atoms with Crippen molar-refractivity contribution in [1.29, 1.82) is 0 Å². The zero-order valence-corrected chi connectivity index (χ0v) is 14.7. The van der Waals surface area contributed by atoms with E-state index >= 15 is 0 Å². The number of rotatable bonds is 5. The summed E-state index contributed by atoms with van der Waals surface area (Å²) in [5, 5.41) is 3.38. The van der Waals surface area contributed by atoms with E-state index in [1.165, 1.54) is 10.2 Å². The fraction of sp³-hybridized carbons (Fsp3) is 0.118. The molecule has 0 saturated heterocycles. The van der Waals surface area contributed by atoms with E-state index in [2.05, 4.69) is 15.3 Å². The van der Waals surface area contributed by atoms with E-state index in [1.807, 2.05) is 36.0 Å². The molecular weight excluding hydrogens is 357 g/mol. The topological polar surface area (TPSA) is 74.0 Å². The second-order valence-corrected chi connectivity index (χ2v) is 6.16. The van der Waals surface area contributed by atoms with Gasteiger partial charge in [0, 0.05) is 29.7 Å². The van der Waals surface area contributed by atoms with Crippen LogP contribution in [0.25, 0.3) is 33.3 Å². The average Bonchev–Trinajstić information content (AvgIpc) is 3.18. The van der Waals surface area contributed by atoms with Gasteiger partial charge in [0.15, 0.2) is 23.8 Å². The van der Waals surface area contributed by atoms with Crippen molar-refractivity contribution in [2.24, 2.45) is 7.05 Å². The van der Waals surface area contributed by atoms with Crippen LogP contribution in [-0.2, 0) is 11.8 Å². The van der Waals surface area contributed by atoms with Crippen molar-refractivity contribution in [3.8, 4) is 17.0 Å². The van der Waals surface area contributed by atoms with Gasteiger partial charge in [0.1, 0.15) is 11.3 Å². The Bertz CT molecular complexity index is 1140. The Morgan fingerprint density at radius 2 is 2.19 bits per heavy atom. The summed E-state index contributed by atoms with van der Waals surface area (Å²) in [6, 6.07) is 7.50. The van der Waals surface area contributed by atoms with Crippen molar-refractivity contribution in [1.82, 2.24) is 18.5 Å². The minimum atomic E-state index is 0.0571. The van der Waals surface area contributed by atoms with Gasteiger partial charge in [-0.1, -0.05) is 0 Å². The van der Waals surface area contributed by atoms with Crippen LogP contribution in [0.3, 0.4) is 0 Å². The van der Waals surface area contributed by atoms with Gasteiger partial charge in [-0.25, -0.2) is 13.9 Å². The van der Waals surface area contributed by atoms with Crippen molar-refractivity contribution < 1.29 is 13.4 Å². The minimum absolute atomic E-state index is 0.0571. The largest absolute Gasteiger partial charge is 0.497 e. The third kappa shape index (κ3) is 2.48. The number of halogens is 1. The van der Waals surface area contributed by atoms with Gasteiger partial charge in [0.2, 0.25) is 6.41 Å². The van der Waals surface area contributed by atoms with E-state index in [0.717, 1.165) is 16.5 Å². The highest BCUT2D eigenvalue weighted by Crippen LogP contribution is 2.37. The van der Waals surface area contributed by atoms with Crippen LogP contribution in [-0.4, -0.2) is 32.0 Å². The van der Waals surface area contributed by atoms with Crippen LogP contribution in [0.15, 0.2) is 36.7 Å². The van der Waals surface area contributed by atoms with Crippen molar-refractivity contribution in [2.45, 2.75) is 0 Å². The van der Waals surface area contributed by atoms with Crippen LogP contribution in [0.2, 0.25) is 0 Å². The standard InChI is InChI=1S/C17H14FN5O2S/c1-22-8-12(11-5-10(25-2)3-4-14(11)22)15-6-13-17(23(15)26-18)19-7-16(21-13)20-9-24/h3-9H,1-2H3,(H,20,21,24). The molecule has 0 fully saturated rings. The van der Waals surface area contributed by atoms with Crippen LogP contribution >= 0.6 is 12.3 Å². The monoisotopic (exact) mass is 371 g/mol. The highest BCUT2D eigenvalue weighted by Gasteiger charge is 2.18. The number of fused-ring (bicyclic) bond motifs is 2. The number of methoxy groups -OCH3 is 1. The van der Waals surface area contributed by atoms with Crippen molar-refractivity contribution in [3.63, 3.8) is 0 Å². The molecule has 0 saturated carbocycles. The van der Waals surface area contributed by atoms with E-state index < -0.39 is 0 Å². The van der Waals surface area contributed by atoms with E-state index in [9.17, 15) is 8.68 Å². The molecule has 7 nitrogen and oxygen atoms in total. The minimum Gasteiger partial charge on any atom is -0.497 e. The summed E-state index contributed by atoms with van der Waals surface area (Å²) in [6.45, 7) is 0. The van der Waals surface area contributed by atoms with E-state index in [-0.39, 0.29) is 12.3 Å². The number of anilines is 1. The molecule has 0 aliphatic carbocycles. The molecule has 4 aromatic rings. The number of aromatic nitrogens is 4. The summed E-state index contributed by atoms with van der Waals surface area (Å²) in [6.07, 6.45) is 3.84. The van der Waals surface area contributed by atoms with Crippen molar-refractivity contribution >= 4 is 46.6 Å². The summed E-state index contributed by atoms with van der Waals surface area (Å²) in [7, 11) is 3.53. The molecule has 0 aliphatic rings. The lowest BCUT2D eigenvalue weighted by molar-refractivity contribution is -0.105. The summed E-state index contributed by atoms with van der Waals surface area (Å²) in [5.41, 5.74) is 3.30. The highest BCUT2D eigenvalue weighted by molar-refractivity contribution is 7.93. The summed E-state index contributed by atoms with van der Waals surface area (Å²) < 4.78 is 22.4. The number of aryl methyl sites for hydroxylation is 1. The lowest BCUT2D eigenvalue weighted by atomic mass is 10.1. The quantitative estimate of drug-likeness (QED) is 0.543. The molecule has 1 aromatic carbocycles. The maximum Gasteiger partial charge on any atom is 0.212 e. The van der Waals surface area contributed by atoms with Gasteiger partial charge in [-0.2, -0.15) is 0 Å². The molecule has 0 atom stereocenters. The number of hydrogen-bond donors (Lipinski definition) is 1. The summed E-state index contributed by atoms with van der Waals surface area (Å²) in [4.78, 5) is 19.1. The molecule has 3 heterocycles. The van der Waals surface area contributed by atoms with Gasteiger partial charge < -0.3 is 14.6 Å². The highest BCUT2D eigenvalue weighted by atomic mass is 32.2. The number of hydrogen-bond acceptors (Lipinski definition) is 5. The van der Waals surface area contributed by atoms with Crippen LogP contribution in [0.4, 0.5) is 9.70 Å². The zero-order valence-electron chi connectivity index (χ0n) is 13.9. The van der Waals surface area contributed by atoms with Crippen LogP contribution in [0.1, 0.15) is 0 Å². The number of carbonyl (C=O) groups excluding carboxylic acids is 1. The Hall–Kier alpha value is -3.07. The molecule has 4 rings (SSSR count). The Labute approximate surface area is 152 Å². The van der Waals surface area contributed by atoms with Gasteiger partial charge in [-0.05, 0) is 24.3 Å². The normalized spacial score (nSPS) is 11.2. The molecule has 132 valence electrons. The molecule has 1 amide bonds. The number of carbonyl (C=O) groups is 1. The first-order valence-electron chi connectivity index (χ1n) is 7.67.